The van der Waals surface area contributed by atoms with Crippen molar-refractivity contribution in [3.8, 4) is 0 Å². The van der Waals surface area contributed by atoms with E-state index in [1.165, 1.54) is 11.1 Å². The highest BCUT2D eigenvalue weighted by Crippen LogP contribution is 2.20. The number of nitrogen functional groups attached to an aromatic ring is 1. The third-order valence-corrected chi connectivity index (χ3v) is 5.25. The van der Waals surface area contributed by atoms with Crippen molar-refractivity contribution in [1.29, 1.82) is 0 Å². The maximum absolute atomic E-state index is 5.50. The van der Waals surface area contributed by atoms with E-state index in [4.69, 9.17) is 15.2 Å². The van der Waals surface area contributed by atoms with Crippen LogP contribution in [0.1, 0.15) is 25.0 Å². The molecule has 0 unspecified atom stereocenters. The first kappa shape index (κ1) is 23.0. The van der Waals surface area contributed by atoms with Crippen molar-refractivity contribution < 1.29 is 9.47 Å². The van der Waals surface area contributed by atoms with Crippen molar-refractivity contribution in [2.45, 2.75) is 34.0 Å². The van der Waals surface area contributed by atoms with Crippen molar-refractivity contribution in [2.24, 2.45) is 0 Å². The Morgan fingerprint density at radius 2 is 1.46 bits per heavy atom. The third-order valence-electron chi connectivity index (χ3n) is 3.55. The van der Waals surface area contributed by atoms with Crippen LogP contribution >= 0.6 is 31.9 Å². The minimum absolute atomic E-state index is 0.190. The van der Waals surface area contributed by atoms with Gasteiger partial charge in [-0.05, 0) is 63.1 Å². The van der Waals surface area contributed by atoms with E-state index >= 15 is 0 Å². The van der Waals surface area contributed by atoms with Crippen molar-refractivity contribution in [3.63, 3.8) is 0 Å². The van der Waals surface area contributed by atoms with Crippen molar-refractivity contribution >= 4 is 43.2 Å². The first-order valence-electron chi connectivity index (χ1n) is 8.62. The Hall–Kier alpha value is -1.08. The third kappa shape index (κ3) is 8.54. The number of anilines is 2. The normalized spacial score (nSPS) is 10.4. The molecule has 0 saturated carbocycles. The van der Waals surface area contributed by atoms with Gasteiger partial charge >= 0.3 is 0 Å². The average Bonchev–Trinajstić information content (AvgIpc) is 2.60. The second kappa shape index (κ2) is 12.3. The summed E-state index contributed by atoms with van der Waals surface area (Å²) in [4.78, 5) is 0. The van der Waals surface area contributed by atoms with Gasteiger partial charge in [-0.2, -0.15) is 0 Å². The van der Waals surface area contributed by atoms with E-state index in [9.17, 15) is 0 Å². The Morgan fingerprint density at radius 1 is 0.923 bits per heavy atom. The van der Waals surface area contributed by atoms with Crippen LogP contribution in [0.5, 0.6) is 0 Å². The second-order valence-electron chi connectivity index (χ2n) is 5.69. The molecule has 0 fully saturated rings. The lowest BCUT2D eigenvalue weighted by molar-refractivity contribution is -0.126. The van der Waals surface area contributed by atoms with Crippen molar-refractivity contribution in [3.05, 3.63) is 56.5 Å². The van der Waals surface area contributed by atoms with Gasteiger partial charge in [-0.15, -0.1) is 0 Å². The highest BCUT2D eigenvalue weighted by Gasteiger charge is 2.07. The number of halogens is 2. The van der Waals surface area contributed by atoms with E-state index in [2.05, 4.69) is 62.3 Å². The van der Waals surface area contributed by atoms with Gasteiger partial charge in [0.25, 0.3) is 0 Å². The Morgan fingerprint density at radius 3 is 1.92 bits per heavy atom. The number of benzene rings is 2. The van der Waals surface area contributed by atoms with Gasteiger partial charge in [-0.1, -0.05) is 44.0 Å². The Labute approximate surface area is 173 Å². The molecule has 0 spiro atoms. The molecule has 0 radical (unpaired) electrons. The lowest BCUT2D eigenvalue weighted by Gasteiger charge is -2.18. The number of rotatable bonds is 7. The molecule has 0 aliphatic rings. The molecule has 0 atom stereocenters. The highest BCUT2D eigenvalue weighted by atomic mass is 79.9. The number of aryl methyl sites for hydroxylation is 2. The first-order valence-corrected chi connectivity index (χ1v) is 10.2. The topological polar surface area (TPSA) is 56.5 Å². The highest BCUT2D eigenvalue weighted by molar-refractivity contribution is 9.10. The molecule has 2 aromatic carbocycles. The standard InChI is InChI=1S/C13H20BrNO2.C7H8BrN/c1-4-16-13(17-5-2)9-15-11-7-6-10(3)12(14)8-11;1-5-2-3-6(9)4-7(5)8/h6-8,13,15H,4-5,9H2,1-3H3;2-4H,9H2,1H3. The van der Waals surface area contributed by atoms with Crippen LogP contribution in [-0.2, 0) is 9.47 Å². The van der Waals surface area contributed by atoms with E-state index in [1.807, 2.05) is 39.0 Å². The fraction of sp³-hybridized carbons (Fsp3) is 0.400. The van der Waals surface area contributed by atoms with E-state index in [0.717, 1.165) is 20.3 Å². The quantitative estimate of drug-likeness (QED) is 0.376. The van der Waals surface area contributed by atoms with Gasteiger partial charge in [0, 0.05) is 33.5 Å². The molecule has 4 nitrogen and oxygen atoms in total. The molecule has 2 aromatic rings. The summed E-state index contributed by atoms with van der Waals surface area (Å²) in [6.45, 7) is 9.99. The monoisotopic (exact) mass is 486 g/mol. The summed E-state index contributed by atoms with van der Waals surface area (Å²) in [5.41, 5.74) is 9.79. The zero-order valence-electron chi connectivity index (χ0n) is 15.8. The molecule has 2 rings (SSSR count). The van der Waals surface area contributed by atoms with Crippen LogP contribution in [0.3, 0.4) is 0 Å². The van der Waals surface area contributed by atoms with E-state index < -0.39 is 0 Å². The van der Waals surface area contributed by atoms with Gasteiger partial charge in [0.1, 0.15) is 0 Å². The molecular formula is C20H28Br2N2O2. The summed E-state index contributed by atoms with van der Waals surface area (Å²) >= 11 is 6.88. The fourth-order valence-electron chi connectivity index (χ4n) is 2.05. The molecule has 0 bridgehead atoms. The second-order valence-corrected chi connectivity index (χ2v) is 7.40. The first-order chi connectivity index (χ1) is 12.4. The van der Waals surface area contributed by atoms with Crippen LogP contribution in [0.2, 0.25) is 0 Å². The summed E-state index contributed by atoms with van der Waals surface area (Å²) in [5, 5.41) is 3.30. The predicted molar refractivity (Wildman–Crippen MR) is 118 cm³/mol. The van der Waals surface area contributed by atoms with Crippen molar-refractivity contribution in [1.82, 2.24) is 0 Å². The molecule has 26 heavy (non-hydrogen) atoms. The maximum Gasteiger partial charge on any atom is 0.174 e. The van der Waals surface area contributed by atoms with Crippen LogP contribution < -0.4 is 11.1 Å². The fourth-order valence-corrected chi connectivity index (χ4v) is 2.83. The molecular weight excluding hydrogens is 460 g/mol. The number of hydrogen-bond acceptors (Lipinski definition) is 4. The van der Waals surface area contributed by atoms with Crippen LogP contribution in [0.4, 0.5) is 11.4 Å². The number of nitrogens with one attached hydrogen (secondary N) is 1. The molecule has 3 N–H and O–H groups in total. The maximum atomic E-state index is 5.50. The van der Waals surface area contributed by atoms with Gasteiger partial charge in [0.05, 0.1) is 6.54 Å². The summed E-state index contributed by atoms with van der Waals surface area (Å²) < 4.78 is 13.1. The molecule has 0 saturated heterocycles. The predicted octanol–water partition coefficient (Wildman–Crippen LogP) is 5.91. The smallest absolute Gasteiger partial charge is 0.174 e. The number of nitrogens with two attached hydrogens (primary N) is 1. The Kier molecular flexibility index (Phi) is 10.9. The van der Waals surface area contributed by atoms with E-state index in [0.29, 0.717) is 19.8 Å². The van der Waals surface area contributed by atoms with Crippen LogP contribution in [0, 0.1) is 13.8 Å². The summed E-state index contributed by atoms with van der Waals surface area (Å²) in [5.74, 6) is 0. The van der Waals surface area contributed by atoms with Gasteiger partial charge < -0.3 is 20.5 Å². The molecule has 0 amide bonds. The molecule has 6 heteroatoms. The van der Waals surface area contributed by atoms with Crippen LogP contribution in [-0.4, -0.2) is 26.0 Å². The Bertz CT molecular complexity index is 675. The zero-order chi connectivity index (χ0) is 19.5. The molecule has 0 aliphatic heterocycles. The Balaban J connectivity index is 0.000000314. The lowest BCUT2D eigenvalue weighted by Crippen LogP contribution is -2.26. The molecule has 0 aromatic heterocycles. The SMILES string of the molecule is CCOC(CNc1ccc(C)c(Br)c1)OCC.Cc1ccc(N)cc1Br. The lowest BCUT2D eigenvalue weighted by atomic mass is 10.2. The summed E-state index contributed by atoms with van der Waals surface area (Å²) in [6.07, 6.45) is -0.190. The van der Waals surface area contributed by atoms with Gasteiger partial charge in [0.2, 0.25) is 0 Å². The van der Waals surface area contributed by atoms with Crippen LogP contribution in [0.15, 0.2) is 45.3 Å². The zero-order valence-corrected chi connectivity index (χ0v) is 19.0. The van der Waals surface area contributed by atoms with Gasteiger partial charge in [-0.25, -0.2) is 0 Å². The molecule has 0 heterocycles. The largest absolute Gasteiger partial charge is 0.399 e. The minimum atomic E-state index is -0.190. The van der Waals surface area contributed by atoms with Crippen molar-refractivity contribution in [2.75, 3.05) is 30.8 Å². The van der Waals surface area contributed by atoms with E-state index in [-0.39, 0.29) is 6.29 Å². The van der Waals surface area contributed by atoms with Gasteiger partial charge in [-0.3, -0.25) is 0 Å². The van der Waals surface area contributed by atoms with Gasteiger partial charge in [0.15, 0.2) is 6.29 Å². The molecule has 144 valence electrons. The minimum Gasteiger partial charge on any atom is -0.399 e. The van der Waals surface area contributed by atoms with Crippen LogP contribution in [0.25, 0.3) is 0 Å². The molecule has 0 aliphatic carbocycles. The summed E-state index contributed by atoms with van der Waals surface area (Å²) in [6, 6.07) is 12.0. The summed E-state index contributed by atoms with van der Waals surface area (Å²) in [7, 11) is 0. The van der Waals surface area contributed by atoms with E-state index in [1.54, 1.807) is 0 Å². The number of hydrogen-bond donors (Lipinski definition) is 2. The average molecular weight is 488 g/mol. The number of ether oxygens (including phenoxy) is 2.